The molecule has 0 radical (unpaired) electrons. The molecular weight excluding hydrogens is 563 g/mol. The molecule has 7 nitrogen and oxygen atoms in total. The fourth-order valence-corrected chi connectivity index (χ4v) is 12.9. The number of carboxylic acid groups (broad SMARTS) is 1. The van der Waals surface area contributed by atoms with E-state index in [1.807, 2.05) is 0 Å². The van der Waals surface area contributed by atoms with Crippen molar-refractivity contribution in [1.82, 2.24) is 0 Å². The lowest BCUT2D eigenvalue weighted by molar-refractivity contribution is -0.373. The molecule has 0 bridgehead atoms. The number of hydrogen-bond donors (Lipinski definition) is 4. The third-order valence-corrected chi connectivity index (χ3v) is 15.8. The fraction of sp³-hybridized carbons (Fsp3) is 0.917. The van der Waals surface area contributed by atoms with Crippen LogP contribution < -0.4 is 0 Å². The van der Waals surface area contributed by atoms with E-state index in [-0.39, 0.29) is 33.5 Å². The van der Waals surface area contributed by atoms with Gasteiger partial charge in [0.2, 0.25) is 0 Å². The molecule has 44 heavy (non-hydrogen) atoms. The number of carboxylic acids is 1. The van der Waals surface area contributed by atoms with E-state index in [9.17, 15) is 29.6 Å². The van der Waals surface area contributed by atoms with E-state index in [0.717, 1.165) is 64.2 Å². The van der Waals surface area contributed by atoms with Gasteiger partial charge < -0.3 is 29.9 Å². The van der Waals surface area contributed by atoms with E-state index < -0.39 is 60.3 Å². The van der Waals surface area contributed by atoms with Gasteiger partial charge in [0.25, 0.3) is 0 Å². The number of hydrogen-bond acceptors (Lipinski definition) is 6. The maximum Gasteiger partial charge on any atom is 0.310 e. The van der Waals surface area contributed by atoms with Gasteiger partial charge in [-0.1, -0.05) is 46.3 Å². The number of aliphatic hydroxyl groups is 3. The highest BCUT2D eigenvalue weighted by atomic mass is 19.1. The predicted octanol–water partition coefficient (Wildman–Crippen LogP) is 5.44. The number of rotatable bonds is 3. The number of allylic oxidation sites excluding steroid dienone is 2. The molecule has 0 aromatic carbocycles. The number of halogens is 1. The van der Waals surface area contributed by atoms with Gasteiger partial charge in [-0.25, -0.2) is 4.39 Å². The van der Waals surface area contributed by atoms with Crippen LogP contribution in [-0.4, -0.2) is 75.3 Å². The molecule has 7 unspecified atom stereocenters. The number of aliphatic hydroxyl groups excluding tert-OH is 3. The van der Waals surface area contributed by atoms with Gasteiger partial charge in [-0.15, -0.1) is 0 Å². The molecule has 2 saturated heterocycles. The van der Waals surface area contributed by atoms with E-state index in [1.165, 1.54) is 5.57 Å². The van der Waals surface area contributed by atoms with Crippen molar-refractivity contribution >= 4 is 5.97 Å². The minimum absolute atomic E-state index is 0.0324. The Labute approximate surface area is 262 Å². The SMILES string of the molecule is CC1(C)CC[C@]2(C(=O)O)CC[C@]3(C)C(=CCC4[C@@]5(C)CC[C@H]6C([C@@H]7OC(CF)[C@@H](O)C(O)C7O)O[C@@]6(C)C5CC[C@]43C)C2C1. The summed E-state index contributed by atoms with van der Waals surface area (Å²) in [6, 6.07) is 0. The molecule has 4 saturated carbocycles. The number of carbonyl (C=O) groups is 1. The van der Waals surface area contributed by atoms with Crippen LogP contribution in [0, 0.1) is 50.7 Å². The van der Waals surface area contributed by atoms with Crippen molar-refractivity contribution in [3.63, 3.8) is 0 Å². The maximum atomic E-state index is 13.6. The van der Waals surface area contributed by atoms with E-state index in [0.29, 0.717) is 11.8 Å². The zero-order chi connectivity index (χ0) is 31.8. The summed E-state index contributed by atoms with van der Waals surface area (Å²) in [7, 11) is 0. The highest BCUT2D eigenvalue weighted by Gasteiger charge is 2.73. The first-order chi connectivity index (χ1) is 20.5. The van der Waals surface area contributed by atoms with Crippen LogP contribution in [0.1, 0.15) is 106 Å². The van der Waals surface area contributed by atoms with Crippen molar-refractivity contribution in [2.45, 2.75) is 148 Å². The van der Waals surface area contributed by atoms with E-state index >= 15 is 0 Å². The lowest BCUT2D eigenvalue weighted by Crippen LogP contribution is -2.76. The quantitative estimate of drug-likeness (QED) is 0.311. The van der Waals surface area contributed by atoms with Crippen molar-refractivity contribution < 1.29 is 39.1 Å². The van der Waals surface area contributed by atoms with Crippen molar-refractivity contribution in [3.8, 4) is 0 Å². The molecule has 6 fully saturated rings. The zero-order valence-electron chi connectivity index (χ0n) is 27.5. The Hall–Kier alpha value is -1.06. The van der Waals surface area contributed by atoms with Crippen LogP contribution in [0.5, 0.6) is 0 Å². The molecule has 248 valence electrons. The highest BCUT2D eigenvalue weighted by molar-refractivity contribution is 5.76. The van der Waals surface area contributed by atoms with Crippen molar-refractivity contribution in [2.24, 2.45) is 50.7 Å². The fourth-order valence-electron chi connectivity index (χ4n) is 12.9. The summed E-state index contributed by atoms with van der Waals surface area (Å²) >= 11 is 0. The van der Waals surface area contributed by atoms with Crippen LogP contribution in [0.25, 0.3) is 0 Å². The largest absolute Gasteiger partial charge is 0.481 e. The molecular formula is C36H55FO7. The third kappa shape index (κ3) is 3.81. The van der Waals surface area contributed by atoms with Gasteiger partial charge in [0.05, 0.1) is 17.1 Å². The summed E-state index contributed by atoms with van der Waals surface area (Å²) in [4.78, 5) is 12.9. The van der Waals surface area contributed by atoms with Crippen LogP contribution in [-0.2, 0) is 14.3 Å². The standard InChI is InChI=1S/C36H55FO7/c1-31(2)13-15-36(30(41)42)16-14-33(4)19(21(36)17-31)7-8-23-32(3)11-9-20-28(29-27(40)26(39)25(38)22(18-37)43-29)44-35(20,6)24(32)10-12-34(23,33)5/h7,20-29,38-40H,8-18H2,1-6H3,(H,41,42)/t20-,21?,22?,23?,24?,25+,26?,27?,28?,29+,32+,33+,34+,35+,36-/m0/s1. The summed E-state index contributed by atoms with van der Waals surface area (Å²) in [6.07, 6.45) is 5.09. The van der Waals surface area contributed by atoms with E-state index in [4.69, 9.17) is 9.47 Å². The Morgan fingerprint density at radius 2 is 1.59 bits per heavy atom. The van der Waals surface area contributed by atoms with Gasteiger partial charge in [0.15, 0.2) is 0 Å². The van der Waals surface area contributed by atoms with Crippen molar-refractivity contribution in [1.29, 1.82) is 0 Å². The number of fused-ring (bicyclic) bond motifs is 9. The summed E-state index contributed by atoms with van der Waals surface area (Å²) < 4.78 is 26.2. The van der Waals surface area contributed by atoms with Crippen LogP contribution in [0.2, 0.25) is 0 Å². The minimum Gasteiger partial charge on any atom is -0.481 e. The first-order valence-electron chi connectivity index (χ1n) is 17.4. The highest BCUT2D eigenvalue weighted by Crippen LogP contribution is 2.76. The molecule has 5 aliphatic carbocycles. The van der Waals surface area contributed by atoms with Gasteiger partial charge >= 0.3 is 5.97 Å². The molecule has 0 spiro atoms. The Morgan fingerprint density at radius 3 is 2.27 bits per heavy atom. The summed E-state index contributed by atoms with van der Waals surface area (Å²) in [5.41, 5.74) is 0.581. The first kappa shape index (κ1) is 31.5. The average Bonchev–Trinajstić information content (AvgIpc) is 2.94. The predicted molar refractivity (Wildman–Crippen MR) is 162 cm³/mol. The summed E-state index contributed by atoms with van der Waals surface area (Å²) in [5.74, 6) is 0.372. The number of ether oxygens (including phenoxy) is 2. The van der Waals surface area contributed by atoms with Gasteiger partial charge in [0, 0.05) is 5.92 Å². The molecule has 7 aliphatic rings. The smallest absolute Gasteiger partial charge is 0.310 e. The van der Waals surface area contributed by atoms with E-state index in [2.05, 4.69) is 47.6 Å². The minimum atomic E-state index is -1.47. The second-order valence-electron chi connectivity index (χ2n) is 17.9. The van der Waals surface area contributed by atoms with E-state index in [1.54, 1.807) is 0 Å². The second-order valence-corrected chi connectivity index (χ2v) is 17.9. The molecule has 15 atom stereocenters. The molecule has 2 aliphatic heterocycles. The Morgan fingerprint density at radius 1 is 0.886 bits per heavy atom. The maximum absolute atomic E-state index is 13.6. The second kappa shape index (κ2) is 9.74. The Balaban J connectivity index is 1.18. The topological polar surface area (TPSA) is 116 Å². The normalized spacial score (nSPS) is 57.7. The van der Waals surface area contributed by atoms with Crippen LogP contribution in [0.15, 0.2) is 11.6 Å². The van der Waals surface area contributed by atoms with Crippen molar-refractivity contribution in [2.75, 3.05) is 6.67 Å². The Kier molecular flexibility index (Phi) is 6.98. The first-order valence-corrected chi connectivity index (χ1v) is 17.4. The van der Waals surface area contributed by atoms with Gasteiger partial charge in [-0.3, -0.25) is 4.79 Å². The summed E-state index contributed by atoms with van der Waals surface area (Å²) in [5, 5.41) is 42.1. The third-order valence-electron chi connectivity index (χ3n) is 15.8. The monoisotopic (exact) mass is 618 g/mol. The number of alkyl halides is 1. The van der Waals surface area contributed by atoms with Crippen LogP contribution in [0.3, 0.4) is 0 Å². The lowest BCUT2D eigenvalue weighted by Gasteiger charge is -2.74. The van der Waals surface area contributed by atoms with Crippen LogP contribution >= 0.6 is 0 Å². The molecule has 7 rings (SSSR count). The van der Waals surface area contributed by atoms with Gasteiger partial charge in [-0.2, -0.15) is 0 Å². The molecule has 0 aromatic rings. The molecule has 4 N–H and O–H groups in total. The Bertz CT molecular complexity index is 1230. The van der Waals surface area contributed by atoms with Crippen molar-refractivity contribution in [3.05, 3.63) is 11.6 Å². The zero-order valence-corrected chi connectivity index (χ0v) is 27.5. The molecule has 8 heteroatoms. The van der Waals surface area contributed by atoms with Gasteiger partial charge in [-0.05, 0) is 111 Å². The van der Waals surface area contributed by atoms with Gasteiger partial charge in [0.1, 0.15) is 37.2 Å². The number of aliphatic carboxylic acids is 1. The van der Waals surface area contributed by atoms with Crippen LogP contribution in [0.4, 0.5) is 4.39 Å². The molecule has 0 amide bonds. The molecule has 0 aromatic heterocycles. The lowest BCUT2D eigenvalue weighted by atomic mass is 9.33. The molecule has 2 heterocycles. The average molecular weight is 619 g/mol. The summed E-state index contributed by atoms with van der Waals surface area (Å²) in [6.45, 7) is 13.4.